The number of fused-ring (bicyclic) bond motifs is 1. The van der Waals surface area contributed by atoms with E-state index < -0.39 is 0 Å². The molecule has 11 heavy (non-hydrogen) atoms. The first-order valence-electron chi connectivity index (χ1n) is 3.30. The quantitative estimate of drug-likeness (QED) is 0.552. The van der Waals surface area contributed by atoms with Crippen molar-refractivity contribution >= 4 is 17.9 Å². The topological polar surface area (TPSA) is 17.3 Å². The molecule has 54 valence electrons. The van der Waals surface area contributed by atoms with Crippen LogP contribution in [-0.2, 0) is 0 Å². The molecule has 0 radical (unpaired) electrons. The second-order valence-electron chi connectivity index (χ2n) is 2.23. The summed E-state index contributed by atoms with van der Waals surface area (Å²) < 4.78 is 2.56. The predicted molar refractivity (Wildman–Crippen MR) is 46.0 cm³/mol. The van der Waals surface area contributed by atoms with Crippen LogP contribution in [0.1, 0.15) is 0 Å². The van der Waals surface area contributed by atoms with Gasteiger partial charge in [0.15, 0.2) is 0 Å². The summed E-state index contributed by atoms with van der Waals surface area (Å²) in [7, 11) is 0. The van der Waals surface area contributed by atoms with E-state index >= 15 is 0 Å². The minimum atomic E-state index is 0.635. The van der Waals surface area contributed by atoms with E-state index in [-0.39, 0.29) is 0 Å². The minimum absolute atomic E-state index is 0.635. The molecule has 0 aliphatic rings. The number of hydrogen-bond acceptors (Lipinski definition) is 2. The molecule has 0 atom stereocenters. The predicted octanol–water partition coefficient (Wildman–Crippen LogP) is 2.06. The molecule has 2 rings (SSSR count). The van der Waals surface area contributed by atoms with Crippen LogP contribution < -0.4 is 0 Å². The van der Waals surface area contributed by atoms with Gasteiger partial charge >= 0.3 is 0 Å². The molecule has 0 aromatic carbocycles. The van der Waals surface area contributed by atoms with Gasteiger partial charge in [-0.3, -0.25) is 0 Å². The van der Waals surface area contributed by atoms with E-state index in [0.29, 0.717) is 4.64 Å². The van der Waals surface area contributed by atoms with Gasteiger partial charge in [-0.05, 0) is 18.2 Å². The second kappa shape index (κ2) is 2.43. The van der Waals surface area contributed by atoms with E-state index in [9.17, 15) is 0 Å². The van der Waals surface area contributed by atoms with Crippen molar-refractivity contribution in [2.24, 2.45) is 0 Å². The Hall–Kier alpha value is -1.22. The summed E-state index contributed by atoms with van der Waals surface area (Å²) in [6.07, 6.45) is 3.85. The molecular formula is C8H6N2S. The van der Waals surface area contributed by atoms with E-state index in [0.717, 1.165) is 5.65 Å². The Labute approximate surface area is 69.1 Å². The van der Waals surface area contributed by atoms with Crippen LogP contribution in [0.15, 0.2) is 36.7 Å². The zero-order valence-corrected chi connectivity index (χ0v) is 6.58. The van der Waals surface area contributed by atoms with Gasteiger partial charge in [-0.2, -0.15) is 0 Å². The molecular weight excluding hydrogens is 156 g/mol. The third-order valence-electron chi connectivity index (χ3n) is 1.47. The van der Waals surface area contributed by atoms with Gasteiger partial charge in [0.1, 0.15) is 10.3 Å². The first-order chi connectivity index (χ1) is 5.36. The Balaban J connectivity index is 2.94. The number of aromatic nitrogens is 2. The van der Waals surface area contributed by atoms with E-state index in [2.05, 4.69) is 4.98 Å². The van der Waals surface area contributed by atoms with Crippen molar-refractivity contribution in [3.05, 3.63) is 41.3 Å². The van der Waals surface area contributed by atoms with Gasteiger partial charge in [0, 0.05) is 12.4 Å². The van der Waals surface area contributed by atoms with Crippen molar-refractivity contribution in [2.45, 2.75) is 0 Å². The molecule has 0 saturated heterocycles. The number of hydrogen-bond donors (Lipinski definition) is 0. The Morgan fingerprint density at radius 2 is 2.09 bits per heavy atom. The molecule has 0 aliphatic carbocycles. The minimum Gasteiger partial charge on any atom is -0.309 e. The average Bonchev–Trinajstić information content (AvgIpc) is 2.04. The monoisotopic (exact) mass is 162 g/mol. The normalized spacial score (nSPS) is 10.2. The molecule has 2 heterocycles. The van der Waals surface area contributed by atoms with Crippen LogP contribution in [0, 0.1) is 4.64 Å². The highest BCUT2D eigenvalue weighted by Gasteiger charge is 1.86. The van der Waals surface area contributed by atoms with E-state index in [1.54, 1.807) is 0 Å². The largest absolute Gasteiger partial charge is 0.309 e. The van der Waals surface area contributed by atoms with Crippen molar-refractivity contribution in [1.82, 2.24) is 9.38 Å². The molecule has 0 saturated carbocycles. The number of pyridine rings is 1. The fourth-order valence-electron chi connectivity index (χ4n) is 0.962. The SMILES string of the molecule is S=c1ccn2ccccc2n1. The van der Waals surface area contributed by atoms with Gasteiger partial charge in [0.05, 0.1) is 0 Å². The van der Waals surface area contributed by atoms with Crippen molar-refractivity contribution < 1.29 is 0 Å². The fraction of sp³-hybridized carbons (Fsp3) is 0. The molecule has 0 spiro atoms. The van der Waals surface area contributed by atoms with Crippen LogP contribution in [0.2, 0.25) is 0 Å². The summed E-state index contributed by atoms with van der Waals surface area (Å²) in [6.45, 7) is 0. The molecule has 0 fully saturated rings. The van der Waals surface area contributed by atoms with Gasteiger partial charge in [-0.15, -0.1) is 0 Å². The average molecular weight is 162 g/mol. The zero-order chi connectivity index (χ0) is 7.68. The molecule has 0 unspecified atom stereocenters. The summed E-state index contributed by atoms with van der Waals surface area (Å²) in [5, 5.41) is 0. The molecule has 2 nitrogen and oxygen atoms in total. The van der Waals surface area contributed by atoms with Crippen LogP contribution >= 0.6 is 12.2 Å². The van der Waals surface area contributed by atoms with Crippen molar-refractivity contribution in [2.75, 3.05) is 0 Å². The second-order valence-corrected chi connectivity index (χ2v) is 2.65. The zero-order valence-electron chi connectivity index (χ0n) is 5.77. The Kier molecular flexibility index (Phi) is 1.43. The highest BCUT2D eigenvalue weighted by molar-refractivity contribution is 7.71. The highest BCUT2D eigenvalue weighted by Crippen LogP contribution is 1.97. The van der Waals surface area contributed by atoms with Crippen LogP contribution in [0.5, 0.6) is 0 Å². The summed E-state index contributed by atoms with van der Waals surface area (Å²) in [5.74, 6) is 0. The molecule has 0 bridgehead atoms. The van der Waals surface area contributed by atoms with Crippen LogP contribution in [0.25, 0.3) is 5.65 Å². The third kappa shape index (κ3) is 1.14. The highest BCUT2D eigenvalue weighted by atomic mass is 32.1. The summed E-state index contributed by atoms with van der Waals surface area (Å²) in [4.78, 5) is 4.15. The molecule has 0 N–H and O–H groups in total. The van der Waals surface area contributed by atoms with Gasteiger partial charge in [-0.1, -0.05) is 18.3 Å². The summed E-state index contributed by atoms with van der Waals surface area (Å²) in [5.41, 5.74) is 0.889. The Morgan fingerprint density at radius 1 is 1.18 bits per heavy atom. The first kappa shape index (κ1) is 6.49. The standard InChI is InChI=1S/C8H6N2S/c11-8-4-6-10-5-2-1-3-7(10)9-8/h1-6H. The maximum Gasteiger partial charge on any atom is 0.138 e. The number of nitrogens with zero attached hydrogens (tertiary/aromatic N) is 2. The lowest BCUT2D eigenvalue weighted by Gasteiger charge is -1.96. The molecule has 0 aliphatic heterocycles. The van der Waals surface area contributed by atoms with Gasteiger partial charge in [0.2, 0.25) is 0 Å². The first-order valence-corrected chi connectivity index (χ1v) is 3.71. The van der Waals surface area contributed by atoms with Gasteiger partial charge in [0.25, 0.3) is 0 Å². The van der Waals surface area contributed by atoms with Crippen LogP contribution in [0.4, 0.5) is 0 Å². The lowest BCUT2D eigenvalue weighted by molar-refractivity contribution is 1.09. The lowest BCUT2D eigenvalue weighted by atomic mass is 10.4. The maximum atomic E-state index is 4.92. The smallest absolute Gasteiger partial charge is 0.138 e. The maximum absolute atomic E-state index is 4.92. The van der Waals surface area contributed by atoms with Crippen LogP contribution in [-0.4, -0.2) is 9.38 Å². The van der Waals surface area contributed by atoms with E-state index in [1.807, 2.05) is 41.1 Å². The number of rotatable bonds is 0. The Morgan fingerprint density at radius 3 is 3.00 bits per heavy atom. The van der Waals surface area contributed by atoms with E-state index in [1.165, 1.54) is 0 Å². The third-order valence-corrected chi connectivity index (χ3v) is 1.70. The molecule has 3 heteroatoms. The lowest BCUT2D eigenvalue weighted by Crippen LogP contribution is -1.88. The van der Waals surface area contributed by atoms with Crippen molar-refractivity contribution in [3.63, 3.8) is 0 Å². The van der Waals surface area contributed by atoms with Crippen LogP contribution in [0.3, 0.4) is 0 Å². The van der Waals surface area contributed by atoms with Crippen molar-refractivity contribution in [3.8, 4) is 0 Å². The fourth-order valence-corrected chi connectivity index (χ4v) is 1.12. The summed E-state index contributed by atoms with van der Waals surface area (Å²) in [6, 6.07) is 7.63. The van der Waals surface area contributed by atoms with Gasteiger partial charge < -0.3 is 4.40 Å². The van der Waals surface area contributed by atoms with E-state index in [4.69, 9.17) is 12.2 Å². The van der Waals surface area contributed by atoms with Crippen molar-refractivity contribution in [1.29, 1.82) is 0 Å². The summed E-state index contributed by atoms with van der Waals surface area (Å²) >= 11 is 4.92. The molecule has 0 amide bonds. The molecule has 2 aromatic rings. The Bertz CT molecular complexity index is 433. The molecule has 2 aromatic heterocycles. The van der Waals surface area contributed by atoms with Gasteiger partial charge in [-0.25, -0.2) is 4.98 Å².